The number of hydrogen-bond donors (Lipinski definition) is 1. The monoisotopic (exact) mass is 350 g/mol. The third kappa shape index (κ3) is 4.66. The predicted molar refractivity (Wildman–Crippen MR) is 106 cm³/mol. The van der Waals surface area contributed by atoms with Crippen molar-refractivity contribution in [1.29, 1.82) is 0 Å². The van der Waals surface area contributed by atoms with Gasteiger partial charge in [-0.25, -0.2) is 0 Å². The first-order valence-electron chi connectivity index (χ1n) is 10.1. The third-order valence-corrected chi connectivity index (χ3v) is 5.69. The molecule has 2 heterocycles. The second-order valence-corrected chi connectivity index (χ2v) is 7.73. The van der Waals surface area contributed by atoms with Crippen molar-refractivity contribution in [3.63, 3.8) is 0 Å². The van der Waals surface area contributed by atoms with E-state index in [4.69, 9.17) is 4.74 Å². The molecule has 0 atom stereocenters. The molecule has 3 nitrogen and oxygen atoms in total. The van der Waals surface area contributed by atoms with Crippen LogP contribution in [-0.2, 0) is 19.5 Å². The minimum absolute atomic E-state index is 0.705. The molecule has 1 saturated heterocycles. The molecule has 1 N–H and O–H groups in total. The van der Waals surface area contributed by atoms with E-state index in [9.17, 15) is 0 Å². The van der Waals surface area contributed by atoms with Gasteiger partial charge in [-0.15, -0.1) is 0 Å². The highest BCUT2D eigenvalue weighted by molar-refractivity contribution is 5.36. The highest BCUT2D eigenvalue weighted by atomic mass is 16.5. The van der Waals surface area contributed by atoms with Crippen molar-refractivity contribution in [3.05, 3.63) is 65.2 Å². The van der Waals surface area contributed by atoms with Gasteiger partial charge < -0.3 is 10.1 Å². The molecular formula is C23H30N2O. The summed E-state index contributed by atoms with van der Waals surface area (Å²) in [6, 6.07) is 17.6. The Hall–Kier alpha value is -1.84. The molecule has 138 valence electrons. The van der Waals surface area contributed by atoms with E-state index >= 15 is 0 Å². The Bertz CT molecular complexity index is 695. The first-order chi connectivity index (χ1) is 12.9. The van der Waals surface area contributed by atoms with Crippen molar-refractivity contribution in [2.75, 3.05) is 26.2 Å². The molecule has 0 unspecified atom stereocenters. The van der Waals surface area contributed by atoms with Crippen LogP contribution in [0.25, 0.3) is 0 Å². The smallest absolute Gasteiger partial charge is 0.119 e. The minimum Gasteiger partial charge on any atom is -0.493 e. The second-order valence-electron chi connectivity index (χ2n) is 7.73. The number of nitrogens with zero attached hydrogens (tertiary/aromatic N) is 1. The molecule has 1 fully saturated rings. The number of piperidine rings is 1. The van der Waals surface area contributed by atoms with E-state index < -0.39 is 0 Å². The zero-order valence-electron chi connectivity index (χ0n) is 15.6. The van der Waals surface area contributed by atoms with Crippen LogP contribution in [0.2, 0.25) is 0 Å². The van der Waals surface area contributed by atoms with Crippen LogP contribution in [0.5, 0.6) is 5.75 Å². The van der Waals surface area contributed by atoms with Crippen LogP contribution in [0.3, 0.4) is 0 Å². The Balaban J connectivity index is 1.37. The maximum absolute atomic E-state index is 6.13. The molecule has 2 aliphatic heterocycles. The van der Waals surface area contributed by atoms with Gasteiger partial charge in [0.15, 0.2) is 0 Å². The largest absolute Gasteiger partial charge is 0.493 e. The topological polar surface area (TPSA) is 24.5 Å². The molecule has 2 aliphatic rings. The number of ether oxygens (including phenoxy) is 1. The van der Waals surface area contributed by atoms with Crippen molar-refractivity contribution in [2.45, 2.75) is 38.8 Å². The van der Waals surface area contributed by atoms with Gasteiger partial charge in [0.1, 0.15) is 5.75 Å². The highest BCUT2D eigenvalue weighted by Gasteiger charge is 2.17. The SMILES string of the molecule is c1ccc(CN2CCCc3cc(OCC4CCNCC4)ccc3C2)cc1. The van der Waals surface area contributed by atoms with Gasteiger partial charge in [-0.2, -0.15) is 0 Å². The summed E-state index contributed by atoms with van der Waals surface area (Å²) >= 11 is 0. The lowest BCUT2D eigenvalue weighted by Crippen LogP contribution is -2.30. The van der Waals surface area contributed by atoms with Crippen LogP contribution in [0.15, 0.2) is 48.5 Å². The predicted octanol–water partition coefficient (Wildman–Crippen LogP) is 4.01. The van der Waals surface area contributed by atoms with Gasteiger partial charge in [0.25, 0.3) is 0 Å². The van der Waals surface area contributed by atoms with Gasteiger partial charge in [0.2, 0.25) is 0 Å². The summed E-state index contributed by atoms with van der Waals surface area (Å²) < 4.78 is 6.13. The molecule has 0 bridgehead atoms. The molecule has 2 aromatic carbocycles. The third-order valence-electron chi connectivity index (χ3n) is 5.69. The number of rotatable bonds is 5. The summed E-state index contributed by atoms with van der Waals surface area (Å²) in [5.41, 5.74) is 4.34. The van der Waals surface area contributed by atoms with E-state index in [1.54, 1.807) is 0 Å². The fourth-order valence-electron chi connectivity index (χ4n) is 4.13. The summed E-state index contributed by atoms with van der Waals surface area (Å²) in [7, 11) is 0. The average Bonchev–Trinajstić information content (AvgIpc) is 2.89. The first kappa shape index (κ1) is 17.6. The molecule has 3 heteroatoms. The van der Waals surface area contributed by atoms with E-state index in [0.717, 1.165) is 51.5 Å². The molecule has 0 radical (unpaired) electrons. The number of hydrogen-bond acceptors (Lipinski definition) is 3. The van der Waals surface area contributed by atoms with Gasteiger partial charge in [-0.1, -0.05) is 36.4 Å². The normalized spacial score (nSPS) is 18.9. The van der Waals surface area contributed by atoms with E-state index in [0.29, 0.717) is 5.92 Å². The van der Waals surface area contributed by atoms with Gasteiger partial charge in [-0.05, 0) is 80.1 Å². The molecule has 0 aliphatic carbocycles. The minimum atomic E-state index is 0.705. The second kappa shape index (κ2) is 8.70. The van der Waals surface area contributed by atoms with E-state index in [2.05, 4.69) is 58.7 Å². The van der Waals surface area contributed by atoms with E-state index in [-0.39, 0.29) is 0 Å². The Morgan fingerprint density at radius 2 is 1.85 bits per heavy atom. The van der Waals surface area contributed by atoms with Crippen LogP contribution in [0.4, 0.5) is 0 Å². The average molecular weight is 351 g/mol. The van der Waals surface area contributed by atoms with E-state index in [1.165, 1.54) is 36.0 Å². The van der Waals surface area contributed by atoms with Crippen molar-refractivity contribution in [3.8, 4) is 5.75 Å². The van der Waals surface area contributed by atoms with Gasteiger partial charge in [0, 0.05) is 13.1 Å². The Morgan fingerprint density at radius 1 is 1.00 bits per heavy atom. The van der Waals surface area contributed by atoms with Gasteiger partial charge in [0.05, 0.1) is 6.61 Å². The molecule has 0 spiro atoms. The van der Waals surface area contributed by atoms with Crippen molar-refractivity contribution < 1.29 is 4.74 Å². The summed E-state index contributed by atoms with van der Waals surface area (Å²) in [6.07, 6.45) is 4.85. The Kier molecular flexibility index (Phi) is 5.88. The fraction of sp³-hybridized carbons (Fsp3) is 0.478. The fourth-order valence-corrected chi connectivity index (χ4v) is 4.13. The Morgan fingerprint density at radius 3 is 2.69 bits per heavy atom. The quantitative estimate of drug-likeness (QED) is 0.882. The van der Waals surface area contributed by atoms with E-state index in [1.807, 2.05) is 0 Å². The molecular weight excluding hydrogens is 320 g/mol. The van der Waals surface area contributed by atoms with Gasteiger partial charge in [-0.3, -0.25) is 4.90 Å². The number of nitrogens with one attached hydrogen (secondary N) is 1. The van der Waals surface area contributed by atoms with Crippen molar-refractivity contribution >= 4 is 0 Å². The number of benzene rings is 2. The van der Waals surface area contributed by atoms with Crippen molar-refractivity contribution in [2.24, 2.45) is 5.92 Å². The summed E-state index contributed by atoms with van der Waals surface area (Å²) in [4.78, 5) is 2.57. The molecule has 26 heavy (non-hydrogen) atoms. The summed E-state index contributed by atoms with van der Waals surface area (Å²) in [6.45, 7) is 6.37. The molecule has 0 aromatic heterocycles. The first-order valence-corrected chi connectivity index (χ1v) is 10.1. The molecule has 0 amide bonds. The van der Waals surface area contributed by atoms with Crippen LogP contribution in [-0.4, -0.2) is 31.1 Å². The van der Waals surface area contributed by atoms with Crippen LogP contribution >= 0.6 is 0 Å². The zero-order chi connectivity index (χ0) is 17.6. The maximum Gasteiger partial charge on any atom is 0.119 e. The maximum atomic E-state index is 6.13. The molecule has 2 aromatic rings. The van der Waals surface area contributed by atoms with Crippen LogP contribution < -0.4 is 10.1 Å². The summed E-state index contributed by atoms with van der Waals surface area (Å²) in [5.74, 6) is 1.76. The molecule has 0 saturated carbocycles. The lowest BCUT2D eigenvalue weighted by Gasteiger charge is -2.23. The standard InChI is InChI=1S/C23H30N2O/c1-2-5-19(6-3-1)16-25-14-4-7-21-15-23(9-8-22(21)17-25)26-18-20-10-12-24-13-11-20/h1-3,5-6,8-9,15,20,24H,4,7,10-14,16-18H2. The number of aryl methyl sites for hydroxylation is 1. The number of fused-ring (bicyclic) bond motifs is 1. The van der Waals surface area contributed by atoms with Crippen LogP contribution in [0, 0.1) is 5.92 Å². The highest BCUT2D eigenvalue weighted by Crippen LogP contribution is 2.25. The Labute approximate surface area is 157 Å². The zero-order valence-corrected chi connectivity index (χ0v) is 15.6. The summed E-state index contributed by atoms with van der Waals surface area (Å²) in [5, 5.41) is 3.42. The van der Waals surface area contributed by atoms with Crippen molar-refractivity contribution in [1.82, 2.24) is 10.2 Å². The molecule has 4 rings (SSSR count). The van der Waals surface area contributed by atoms with Crippen LogP contribution in [0.1, 0.15) is 36.0 Å². The lowest BCUT2D eigenvalue weighted by atomic mass is 9.99. The lowest BCUT2D eigenvalue weighted by molar-refractivity contribution is 0.215. The van der Waals surface area contributed by atoms with Gasteiger partial charge >= 0.3 is 0 Å².